The Kier molecular flexibility index (Phi) is 2.08. The molecule has 0 aliphatic heterocycles. The molecule has 0 atom stereocenters. The van der Waals surface area contributed by atoms with Crippen LogP contribution < -0.4 is 5.73 Å². The SMILES string of the molecule is Nc1ccc2cc3c(C=O)cccc3cc2c1. The van der Waals surface area contributed by atoms with E-state index in [2.05, 4.69) is 6.07 Å². The predicted molar refractivity (Wildman–Crippen MR) is 71.3 cm³/mol. The molecule has 0 heterocycles. The first-order valence-corrected chi connectivity index (χ1v) is 5.45. The molecule has 3 aromatic carbocycles. The van der Waals surface area contributed by atoms with E-state index in [-0.39, 0.29) is 0 Å². The number of hydrogen-bond donors (Lipinski definition) is 1. The van der Waals surface area contributed by atoms with Gasteiger partial charge in [-0.3, -0.25) is 4.79 Å². The van der Waals surface area contributed by atoms with Crippen molar-refractivity contribution in [2.75, 3.05) is 5.73 Å². The molecule has 0 bridgehead atoms. The summed E-state index contributed by atoms with van der Waals surface area (Å²) in [6.07, 6.45) is 0.894. The highest BCUT2D eigenvalue weighted by atomic mass is 16.1. The van der Waals surface area contributed by atoms with Crippen molar-refractivity contribution in [1.29, 1.82) is 0 Å². The molecule has 2 nitrogen and oxygen atoms in total. The highest BCUT2D eigenvalue weighted by Gasteiger charge is 2.02. The monoisotopic (exact) mass is 221 g/mol. The number of carbonyl (C=O) groups excluding carboxylic acids is 1. The van der Waals surface area contributed by atoms with Gasteiger partial charge in [0.15, 0.2) is 6.29 Å². The first-order valence-electron chi connectivity index (χ1n) is 5.45. The van der Waals surface area contributed by atoms with E-state index in [9.17, 15) is 4.79 Å². The Bertz CT molecular complexity index is 731. The Balaban J connectivity index is 2.47. The quantitative estimate of drug-likeness (QED) is 0.389. The Labute approximate surface area is 98.7 Å². The van der Waals surface area contributed by atoms with Gasteiger partial charge in [0, 0.05) is 11.3 Å². The second-order valence-corrected chi connectivity index (χ2v) is 4.15. The predicted octanol–water partition coefficient (Wildman–Crippen LogP) is 3.39. The number of carbonyl (C=O) groups is 1. The van der Waals surface area contributed by atoms with Crippen molar-refractivity contribution >= 4 is 33.5 Å². The number of nitrogen functional groups attached to an aromatic ring is 1. The highest BCUT2D eigenvalue weighted by molar-refractivity contribution is 6.05. The third-order valence-corrected chi connectivity index (χ3v) is 3.02. The second kappa shape index (κ2) is 3.59. The van der Waals surface area contributed by atoms with Gasteiger partial charge in [-0.25, -0.2) is 0 Å². The van der Waals surface area contributed by atoms with E-state index >= 15 is 0 Å². The van der Waals surface area contributed by atoms with Crippen molar-refractivity contribution in [2.24, 2.45) is 0 Å². The largest absolute Gasteiger partial charge is 0.399 e. The first-order chi connectivity index (χ1) is 8.28. The number of rotatable bonds is 1. The van der Waals surface area contributed by atoms with E-state index in [1.807, 2.05) is 42.5 Å². The van der Waals surface area contributed by atoms with E-state index in [1.54, 1.807) is 0 Å². The van der Waals surface area contributed by atoms with Crippen LogP contribution in [0.5, 0.6) is 0 Å². The number of nitrogens with two attached hydrogens (primary N) is 1. The van der Waals surface area contributed by atoms with E-state index in [0.29, 0.717) is 0 Å². The lowest BCUT2D eigenvalue weighted by atomic mass is 10.00. The number of hydrogen-bond acceptors (Lipinski definition) is 2. The highest BCUT2D eigenvalue weighted by Crippen LogP contribution is 2.26. The third-order valence-electron chi connectivity index (χ3n) is 3.02. The van der Waals surface area contributed by atoms with Gasteiger partial charge in [-0.2, -0.15) is 0 Å². The molecule has 0 fully saturated rings. The van der Waals surface area contributed by atoms with Gasteiger partial charge >= 0.3 is 0 Å². The van der Waals surface area contributed by atoms with E-state index in [1.165, 1.54) is 0 Å². The van der Waals surface area contributed by atoms with Gasteiger partial charge in [-0.15, -0.1) is 0 Å². The fourth-order valence-corrected chi connectivity index (χ4v) is 2.17. The molecule has 0 saturated heterocycles. The molecular formula is C15H11NO. The Hall–Kier alpha value is -2.35. The topological polar surface area (TPSA) is 43.1 Å². The fraction of sp³-hybridized carbons (Fsp3) is 0. The molecule has 0 aromatic heterocycles. The molecule has 0 aliphatic rings. The van der Waals surface area contributed by atoms with Gasteiger partial charge < -0.3 is 5.73 Å². The molecule has 3 aromatic rings. The molecule has 2 heteroatoms. The van der Waals surface area contributed by atoms with Crippen molar-refractivity contribution in [2.45, 2.75) is 0 Å². The van der Waals surface area contributed by atoms with Crippen molar-refractivity contribution in [3.63, 3.8) is 0 Å². The van der Waals surface area contributed by atoms with Crippen molar-refractivity contribution in [3.05, 3.63) is 54.1 Å². The lowest BCUT2D eigenvalue weighted by Crippen LogP contribution is -1.86. The normalized spacial score (nSPS) is 10.8. The maximum absolute atomic E-state index is 11.0. The summed E-state index contributed by atoms with van der Waals surface area (Å²) < 4.78 is 0. The minimum atomic E-state index is 0.723. The van der Waals surface area contributed by atoms with Crippen LogP contribution in [0.3, 0.4) is 0 Å². The maximum Gasteiger partial charge on any atom is 0.150 e. The summed E-state index contributed by atoms with van der Waals surface area (Å²) in [5.74, 6) is 0. The number of anilines is 1. The summed E-state index contributed by atoms with van der Waals surface area (Å²) >= 11 is 0. The zero-order valence-corrected chi connectivity index (χ0v) is 9.18. The number of aldehydes is 1. The van der Waals surface area contributed by atoms with Crippen LogP contribution in [-0.2, 0) is 0 Å². The Morgan fingerprint density at radius 1 is 0.882 bits per heavy atom. The molecule has 2 N–H and O–H groups in total. The summed E-state index contributed by atoms with van der Waals surface area (Å²) in [5.41, 5.74) is 7.24. The van der Waals surface area contributed by atoms with Gasteiger partial charge in [-0.05, 0) is 45.8 Å². The molecule has 17 heavy (non-hydrogen) atoms. The van der Waals surface area contributed by atoms with Crippen LogP contribution in [0.1, 0.15) is 10.4 Å². The molecular weight excluding hydrogens is 210 g/mol. The van der Waals surface area contributed by atoms with Crippen LogP contribution >= 0.6 is 0 Å². The van der Waals surface area contributed by atoms with Gasteiger partial charge in [0.2, 0.25) is 0 Å². The first kappa shape index (κ1) is 9.85. The van der Waals surface area contributed by atoms with Crippen molar-refractivity contribution < 1.29 is 4.79 Å². The van der Waals surface area contributed by atoms with Gasteiger partial charge in [0.05, 0.1) is 0 Å². The molecule has 0 spiro atoms. The molecule has 82 valence electrons. The van der Waals surface area contributed by atoms with Crippen LogP contribution in [0.2, 0.25) is 0 Å². The maximum atomic E-state index is 11.0. The van der Waals surface area contributed by atoms with Gasteiger partial charge in [0.1, 0.15) is 0 Å². The minimum Gasteiger partial charge on any atom is -0.399 e. The fourth-order valence-electron chi connectivity index (χ4n) is 2.17. The van der Waals surface area contributed by atoms with Gasteiger partial charge in [0.25, 0.3) is 0 Å². The second-order valence-electron chi connectivity index (χ2n) is 4.15. The summed E-state index contributed by atoms with van der Waals surface area (Å²) in [6, 6.07) is 15.6. The minimum absolute atomic E-state index is 0.723. The lowest BCUT2D eigenvalue weighted by molar-refractivity contribution is 0.112. The molecule has 0 unspecified atom stereocenters. The Morgan fingerprint density at radius 2 is 1.76 bits per heavy atom. The van der Waals surface area contributed by atoms with Crippen LogP contribution in [0.15, 0.2) is 48.5 Å². The van der Waals surface area contributed by atoms with E-state index < -0.39 is 0 Å². The molecule has 0 radical (unpaired) electrons. The Morgan fingerprint density at radius 3 is 2.59 bits per heavy atom. The average Bonchev–Trinajstić information content (AvgIpc) is 2.35. The zero-order valence-electron chi connectivity index (χ0n) is 9.18. The summed E-state index contributed by atoms with van der Waals surface area (Å²) in [5, 5.41) is 4.24. The molecule has 0 aliphatic carbocycles. The molecule has 3 rings (SSSR count). The number of benzene rings is 3. The number of fused-ring (bicyclic) bond motifs is 2. The zero-order chi connectivity index (χ0) is 11.8. The van der Waals surface area contributed by atoms with Crippen LogP contribution in [-0.4, -0.2) is 6.29 Å². The molecule has 0 amide bonds. The van der Waals surface area contributed by atoms with Crippen molar-refractivity contribution in [3.8, 4) is 0 Å². The summed E-state index contributed by atoms with van der Waals surface area (Å²) in [4.78, 5) is 11.0. The van der Waals surface area contributed by atoms with Crippen LogP contribution in [0.25, 0.3) is 21.5 Å². The van der Waals surface area contributed by atoms with E-state index in [0.717, 1.165) is 39.1 Å². The van der Waals surface area contributed by atoms with Crippen LogP contribution in [0, 0.1) is 0 Å². The van der Waals surface area contributed by atoms with Crippen LogP contribution in [0.4, 0.5) is 5.69 Å². The average molecular weight is 221 g/mol. The summed E-state index contributed by atoms with van der Waals surface area (Å²) in [7, 11) is 0. The summed E-state index contributed by atoms with van der Waals surface area (Å²) in [6.45, 7) is 0. The van der Waals surface area contributed by atoms with E-state index in [4.69, 9.17) is 5.73 Å². The van der Waals surface area contributed by atoms with Crippen molar-refractivity contribution in [1.82, 2.24) is 0 Å². The third kappa shape index (κ3) is 1.54. The standard InChI is InChI=1S/C15H11NO/c16-14-5-4-10-8-15-11(6-13(10)7-14)2-1-3-12(15)9-17/h1-9H,16H2. The smallest absolute Gasteiger partial charge is 0.150 e. The lowest BCUT2D eigenvalue weighted by Gasteiger charge is -2.05. The van der Waals surface area contributed by atoms with Gasteiger partial charge in [-0.1, -0.05) is 24.3 Å². The molecule has 0 saturated carbocycles.